The van der Waals surface area contributed by atoms with Crippen LogP contribution >= 0.6 is 0 Å². The number of benzene rings is 1. The highest BCUT2D eigenvalue weighted by molar-refractivity contribution is 6.21. The molecule has 1 amide bonds. The fraction of sp³-hybridized carbons (Fsp3) is 0.522. The van der Waals surface area contributed by atoms with Crippen LogP contribution in [0.25, 0.3) is 0 Å². The number of nitrogens with zero attached hydrogens (tertiary/aromatic N) is 6. The second-order valence-electron chi connectivity index (χ2n) is 9.32. The number of nitrogens with one attached hydrogen (secondary N) is 1. The predicted octanol–water partition coefficient (Wildman–Crippen LogP) is 3.01. The lowest BCUT2D eigenvalue weighted by atomic mass is 10.1. The van der Waals surface area contributed by atoms with Gasteiger partial charge in [0.15, 0.2) is 5.82 Å². The van der Waals surface area contributed by atoms with E-state index in [1.165, 1.54) is 6.42 Å². The van der Waals surface area contributed by atoms with Gasteiger partial charge in [0.1, 0.15) is 11.4 Å². The molecule has 1 aromatic heterocycles. The third-order valence-electron chi connectivity index (χ3n) is 6.44. The lowest BCUT2D eigenvalue weighted by molar-refractivity contribution is 0.0865. The van der Waals surface area contributed by atoms with E-state index in [0.29, 0.717) is 23.3 Å². The summed E-state index contributed by atoms with van der Waals surface area (Å²) in [5.41, 5.74) is 1.57. The Balaban J connectivity index is 1.61. The summed E-state index contributed by atoms with van der Waals surface area (Å²) in [4.78, 5) is 24.6. The Labute approximate surface area is 183 Å². The molecular weight excluding hydrogens is 390 g/mol. The molecule has 1 N–H and O–H groups in total. The van der Waals surface area contributed by atoms with Gasteiger partial charge in [0.2, 0.25) is 5.96 Å². The number of amides is 1. The maximum atomic E-state index is 13.5. The van der Waals surface area contributed by atoms with E-state index in [9.17, 15) is 4.79 Å². The number of hydrogen-bond acceptors (Lipinski definition) is 6. The van der Waals surface area contributed by atoms with Crippen molar-refractivity contribution in [1.29, 1.82) is 0 Å². The zero-order chi connectivity index (χ0) is 21.7. The van der Waals surface area contributed by atoms with Gasteiger partial charge in [-0.3, -0.25) is 14.6 Å². The number of aromatic nitrogens is 2. The Morgan fingerprint density at radius 2 is 2.00 bits per heavy atom. The highest BCUT2D eigenvalue weighted by Crippen LogP contribution is 2.43. The van der Waals surface area contributed by atoms with Crippen LogP contribution in [0.2, 0.25) is 0 Å². The van der Waals surface area contributed by atoms with Crippen LogP contribution in [0.5, 0.6) is 0 Å². The summed E-state index contributed by atoms with van der Waals surface area (Å²) in [5.74, 6) is 2.64. The van der Waals surface area contributed by atoms with E-state index in [4.69, 9.17) is 10.1 Å². The highest BCUT2D eigenvalue weighted by Gasteiger charge is 2.49. The van der Waals surface area contributed by atoms with Crippen molar-refractivity contribution < 1.29 is 4.79 Å². The number of para-hydroxylation sites is 1. The van der Waals surface area contributed by atoms with Crippen molar-refractivity contribution in [3.05, 3.63) is 35.9 Å². The number of aliphatic imine (C=N–C) groups is 1. The first-order chi connectivity index (χ1) is 14.9. The average molecular weight is 422 g/mol. The van der Waals surface area contributed by atoms with Gasteiger partial charge in [0.05, 0.1) is 12.1 Å². The lowest BCUT2D eigenvalue weighted by Gasteiger charge is -2.36. The van der Waals surface area contributed by atoms with Crippen LogP contribution in [0, 0.1) is 5.92 Å². The van der Waals surface area contributed by atoms with Crippen molar-refractivity contribution in [1.82, 2.24) is 19.6 Å². The summed E-state index contributed by atoms with van der Waals surface area (Å²) in [7, 11) is 6.00. The first kappa shape index (κ1) is 20.1. The van der Waals surface area contributed by atoms with Crippen LogP contribution < -0.4 is 10.2 Å². The van der Waals surface area contributed by atoms with Gasteiger partial charge in [-0.2, -0.15) is 5.10 Å². The maximum absolute atomic E-state index is 13.5. The molecule has 1 fully saturated rings. The Bertz CT molecular complexity index is 1010. The second kappa shape index (κ2) is 7.67. The van der Waals surface area contributed by atoms with Crippen molar-refractivity contribution >= 4 is 29.2 Å². The van der Waals surface area contributed by atoms with Gasteiger partial charge >= 0.3 is 0 Å². The van der Waals surface area contributed by atoms with E-state index < -0.39 is 0 Å². The molecule has 5 rings (SSSR count). The van der Waals surface area contributed by atoms with E-state index in [1.54, 1.807) is 4.90 Å². The standard InChI is InChI=1S/C23H31N7O/c1-15(13-27(2)3)14-29-21-19(20(26-29)24-16-9-6-5-7-10-16)22(31)28(4)23-25-17-11-8-12-18(17)30(21)23/h5-7,9-10,15,17-18H,8,11-14H2,1-4H3,(H,24,26)/t15?,17-,18+/m1/s1. The van der Waals surface area contributed by atoms with Gasteiger partial charge < -0.3 is 10.2 Å². The molecule has 1 saturated carbocycles. The van der Waals surface area contributed by atoms with Gasteiger partial charge in [-0.15, -0.1) is 0 Å². The normalized spacial score (nSPS) is 23.0. The number of carbonyl (C=O) groups is 1. The summed E-state index contributed by atoms with van der Waals surface area (Å²) < 4.78 is 2.04. The molecule has 1 aromatic carbocycles. The molecule has 0 bridgehead atoms. The number of fused-ring (bicyclic) bond motifs is 5. The Kier molecular flexibility index (Phi) is 4.97. The minimum absolute atomic E-state index is 0.0464. The highest BCUT2D eigenvalue weighted by atomic mass is 16.2. The summed E-state index contributed by atoms with van der Waals surface area (Å²) in [6.07, 6.45) is 3.36. The molecule has 164 valence electrons. The van der Waals surface area contributed by atoms with Crippen LogP contribution in [0.3, 0.4) is 0 Å². The van der Waals surface area contributed by atoms with E-state index >= 15 is 0 Å². The SMILES string of the molecule is CC(CN(C)C)Cn1nc(Nc2ccccc2)c2c1N1C(=N[C@@H]3CCC[C@@H]31)N(C)C2=O. The van der Waals surface area contributed by atoms with Gasteiger partial charge in [-0.25, -0.2) is 9.67 Å². The zero-order valence-electron chi connectivity index (χ0n) is 18.7. The number of anilines is 3. The molecule has 8 nitrogen and oxygen atoms in total. The maximum Gasteiger partial charge on any atom is 0.267 e. The molecular formula is C23H31N7O. The molecule has 3 atom stereocenters. The van der Waals surface area contributed by atoms with Crippen LogP contribution in [0.15, 0.2) is 35.3 Å². The van der Waals surface area contributed by atoms with Crippen LogP contribution in [0.4, 0.5) is 17.3 Å². The summed E-state index contributed by atoms with van der Waals surface area (Å²) in [6, 6.07) is 10.5. The molecule has 31 heavy (non-hydrogen) atoms. The third-order valence-corrected chi connectivity index (χ3v) is 6.44. The zero-order valence-corrected chi connectivity index (χ0v) is 18.7. The first-order valence-corrected chi connectivity index (χ1v) is 11.2. The average Bonchev–Trinajstić information content (AvgIpc) is 3.40. The number of guanidine groups is 1. The Morgan fingerprint density at radius 1 is 1.23 bits per heavy atom. The lowest BCUT2D eigenvalue weighted by Crippen LogP contribution is -2.52. The minimum atomic E-state index is -0.0464. The molecule has 2 aromatic rings. The molecule has 0 radical (unpaired) electrons. The number of rotatable bonds is 6. The van der Waals surface area contributed by atoms with Gasteiger partial charge in [-0.05, 0) is 51.4 Å². The number of carbonyl (C=O) groups excluding carboxylic acids is 1. The van der Waals surface area contributed by atoms with Crippen LogP contribution in [0.1, 0.15) is 36.5 Å². The van der Waals surface area contributed by atoms with Crippen molar-refractivity contribution in [2.75, 3.05) is 37.9 Å². The molecule has 3 heterocycles. The molecule has 2 aliphatic heterocycles. The fourth-order valence-electron chi connectivity index (χ4n) is 5.23. The topological polar surface area (TPSA) is 69.0 Å². The quantitative estimate of drug-likeness (QED) is 0.777. The van der Waals surface area contributed by atoms with E-state index in [2.05, 4.69) is 36.1 Å². The third kappa shape index (κ3) is 3.39. The van der Waals surface area contributed by atoms with E-state index in [0.717, 1.165) is 43.4 Å². The predicted molar refractivity (Wildman–Crippen MR) is 123 cm³/mol. The molecule has 0 saturated heterocycles. The summed E-state index contributed by atoms with van der Waals surface area (Å²) in [5, 5.41) is 8.34. The first-order valence-electron chi connectivity index (χ1n) is 11.2. The fourth-order valence-corrected chi connectivity index (χ4v) is 5.23. The van der Waals surface area contributed by atoms with Gasteiger partial charge in [0, 0.05) is 25.8 Å². The van der Waals surface area contributed by atoms with E-state index in [1.807, 2.05) is 42.1 Å². The molecule has 3 aliphatic rings. The van der Waals surface area contributed by atoms with Crippen LogP contribution in [-0.4, -0.2) is 71.2 Å². The van der Waals surface area contributed by atoms with Crippen molar-refractivity contribution in [2.45, 2.75) is 44.8 Å². The van der Waals surface area contributed by atoms with Crippen molar-refractivity contribution in [3.8, 4) is 0 Å². The van der Waals surface area contributed by atoms with Gasteiger partial charge in [-0.1, -0.05) is 25.1 Å². The number of hydrogen-bond donors (Lipinski definition) is 1. The second-order valence-corrected chi connectivity index (χ2v) is 9.32. The van der Waals surface area contributed by atoms with Gasteiger partial charge in [0.25, 0.3) is 5.91 Å². The molecule has 0 spiro atoms. The van der Waals surface area contributed by atoms with Crippen molar-refractivity contribution in [3.63, 3.8) is 0 Å². The van der Waals surface area contributed by atoms with E-state index in [-0.39, 0.29) is 11.9 Å². The Morgan fingerprint density at radius 3 is 2.74 bits per heavy atom. The minimum Gasteiger partial charge on any atom is -0.338 e. The Hall–Kier alpha value is -2.87. The molecule has 1 aliphatic carbocycles. The molecule has 8 heteroatoms. The summed E-state index contributed by atoms with van der Waals surface area (Å²) in [6.45, 7) is 3.93. The monoisotopic (exact) mass is 421 g/mol. The summed E-state index contributed by atoms with van der Waals surface area (Å²) >= 11 is 0. The molecule has 1 unspecified atom stereocenters. The smallest absolute Gasteiger partial charge is 0.267 e. The van der Waals surface area contributed by atoms with Crippen molar-refractivity contribution in [2.24, 2.45) is 10.9 Å². The van der Waals surface area contributed by atoms with Crippen LogP contribution in [-0.2, 0) is 6.54 Å². The largest absolute Gasteiger partial charge is 0.338 e.